The molecule has 0 bridgehead atoms. The molecule has 0 spiro atoms. The van der Waals surface area contributed by atoms with Crippen molar-refractivity contribution >= 4 is 101 Å². The van der Waals surface area contributed by atoms with Crippen LogP contribution >= 0.6 is 0 Å². The fourth-order valence-electron chi connectivity index (χ4n) is 21.7. The van der Waals surface area contributed by atoms with Crippen molar-refractivity contribution in [2.75, 3.05) is 9.80 Å². The fraction of sp³-hybridized carbons (Fsp3) is 0.395. The quantitative estimate of drug-likeness (QED) is 0.0951. The Morgan fingerprint density at radius 1 is 0.231 bits per heavy atom. The molecule has 0 amide bonds. The van der Waals surface area contributed by atoms with Crippen molar-refractivity contribution in [3.8, 4) is 55.9 Å². The first-order chi connectivity index (χ1) is 63.0. The minimum Gasteiger partial charge on any atom is -0.310 e. The molecule has 0 radical (unpaired) electrons. The number of anilines is 6. The van der Waals surface area contributed by atoms with Gasteiger partial charge in [0.05, 0.1) is 33.4 Å². The van der Waals surface area contributed by atoms with E-state index in [1.807, 2.05) is 0 Å². The average molecular weight is 1770 g/mol. The van der Waals surface area contributed by atoms with E-state index >= 15 is 0 Å². The van der Waals surface area contributed by atoms with Gasteiger partial charge in [-0.2, -0.15) is 0 Å². The van der Waals surface area contributed by atoms with Crippen LogP contribution in [-0.2, 0) is 66.6 Å². The minimum atomic E-state index is -1.95. The van der Waals surface area contributed by atoms with E-state index in [1.54, 1.807) is 0 Å². The normalized spacial score (nSPS) is 14.2. The number of aromatic nitrogens is 2. The van der Waals surface area contributed by atoms with Crippen molar-refractivity contribution in [3.63, 3.8) is 0 Å². The summed E-state index contributed by atoms with van der Waals surface area (Å²) >= 11 is 0. The van der Waals surface area contributed by atoms with Crippen LogP contribution in [0.2, 0.25) is 0 Å². The number of rotatable bonds is 15. The van der Waals surface area contributed by atoms with E-state index in [0.717, 1.165) is 167 Å². The van der Waals surface area contributed by atoms with E-state index in [-0.39, 0.29) is 54.1 Å². The Morgan fingerprint density at radius 3 is 0.724 bits per heavy atom. The Balaban J connectivity index is 1.12. The zero-order chi connectivity index (χ0) is 98.4. The van der Waals surface area contributed by atoms with Crippen LogP contribution < -0.4 is 26.2 Å². The van der Waals surface area contributed by atoms with Gasteiger partial charge in [-0.1, -0.05) is 362 Å². The Bertz CT molecular complexity index is 6490. The maximum atomic E-state index is 11.4. The molecule has 0 saturated heterocycles. The molecule has 0 saturated carbocycles. The highest BCUT2D eigenvalue weighted by atomic mass is 15.2. The van der Waals surface area contributed by atoms with Crippen molar-refractivity contribution in [2.24, 2.45) is 37.9 Å². The van der Waals surface area contributed by atoms with Crippen LogP contribution in [0.5, 0.6) is 0 Å². The molecule has 0 fully saturated rings. The maximum absolute atomic E-state index is 11.4. The number of hydrogen-bond donors (Lipinski definition) is 0. The number of benzene rings is 13. The lowest BCUT2D eigenvalue weighted by Crippen LogP contribution is -2.61. The molecule has 0 N–H and O–H groups in total. The molecule has 0 atom stereocenters. The second-order valence-corrected chi connectivity index (χ2v) is 52.8. The first-order valence-corrected chi connectivity index (χ1v) is 50.0. The monoisotopic (exact) mass is 1770 g/mol. The Morgan fingerprint density at radius 2 is 0.485 bits per heavy atom. The van der Waals surface area contributed by atoms with Crippen LogP contribution in [0.4, 0.5) is 34.1 Å². The Kier molecular flexibility index (Phi) is 23.1. The molecule has 2 aliphatic heterocycles. The van der Waals surface area contributed by atoms with Gasteiger partial charge < -0.3 is 18.9 Å². The average Bonchev–Trinajstić information content (AvgIpc) is 0.764. The predicted octanol–water partition coefficient (Wildman–Crippen LogP) is 34.9. The summed E-state index contributed by atoms with van der Waals surface area (Å²) in [6.07, 6.45) is 3.45. The molecule has 2 aromatic heterocycles. The van der Waals surface area contributed by atoms with Crippen LogP contribution in [-0.4, -0.2) is 15.8 Å². The molecule has 4 nitrogen and oxygen atoms in total. The molecular weight excluding hydrogens is 1620 g/mol. The van der Waals surface area contributed by atoms with Crippen molar-refractivity contribution in [3.05, 3.63) is 304 Å². The standard InChI is InChI=1S/C129H153BN4/c1-119(2,3)74-81-46-54-108-102(58-81)103-59-82(75-120(4,5)6)47-55-109(103)131(108)96-50-52-106-112(72-96)133(117-98(88-38-34-42-92(68-88)126(22,23)24)62-85(78-123(13,14)15)63-99(117)89-39-35-43-93(69-89)127(25,26)27)114-66-87(80-125(19,20)21)67-115-116(114)130(106)107-53-51-97(132-110-56-48-83(76-121(7,8)9)60-104(110)105-61-84(49-57-111(105)132)77-122(10,11)12)73-113(107)134(115)118-100(90-40-36-44-94(70-90)128(28,29)30)64-86(79-124(16,17)18)65-101(118)91-41-37-45-95(71-91)129(31,32)33/h34-73H,74-80H2,1-33H3/i80D2. The third-order valence-corrected chi connectivity index (χ3v) is 27.2. The van der Waals surface area contributed by atoms with E-state index in [2.05, 4.69) is 490 Å². The summed E-state index contributed by atoms with van der Waals surface area (Å²) in [5, 5.41) is 5.00. The van der Waals surface area contributed by atoms with Crippen LogP contribution in [0.3, 0.4) is 0 Å². The molecule has 5 heteroatoms. The van der Waals surface area contributed by atoms with Crippen molar-refractivity contribution in [2.45, 2.75) is 295 Å². The van der Waals surface area contributed by atoms with Crippen LogP contribution in [0.1, 0.15) is 292 Å². The van der Waals surface area contributed by atoms with Gasteiger partial charge in [-0.25, -0.2) is 0 Å². The van der Waals surface area contributed by atoms with Gasteiger partial charge >= 0.3 is 0 Å². The Labute approximate surface area is 809 Å². The maximum Gasteiger partial charge on any atom is 0.252 e. The summed E-state index contributed by atoms with van der Waals surface area (Å²) in [6.45, 7) is 76.7. The summed E-state index contributed by atoms with van der Waals surface area (Å²) < 4.78 is 28.0. The third-order valence-electron chi connectivity index (χ3n) is 27.2. The molecule has 15 aromatic rings. The summed E-state index contributed by atoms with van der Waals surface area (Å²) in [7, 11) is 0. The predicted molar refractivity (Wildman–Crippen MR) is 588 cm³/mol. The molecule has 0 unspecified atom stereocenters. The fourth-order valence-corrected chi connectivity index (χ4v) is 21.7. The van der Waals surface area contributed by atoms with Crippen LogP contribution in [0.25, 0.3) is 99.5 Å². The van der Waals surface area contributed by atoms with E-state index in [4.69, 9.17) is 0 Å². The second kappa shape index (κ2) is 33.5. The summed E-state index contributed by atoms with van der Waals surface area (Å²) in [5.41, 5.74) is 36.9. The summed E-state index contributed by atoms with van der Waals surface area (Å²) in [5.74, 6) is 0. The second-order valence-electron chi connectivity index (χ2n) is 52.8. The van der Waals surface area contributed by atoms with Gasteiger partial charge in [0.2, 0.25) is 0 Å². The lowest BCUT2D eigenvalue weighted by molar-refractivity contribution is 0.411. The highest BCUT2D eigenvalue weighted by Gasteiger charge is 2.47. The van der Waals surface area contributed by atoms with E-state index in [0.29, 0.717) is 5.56 Å². The van der Waals surface area contributed by atoms with Crippen LogP contribution in [0.15, 0.2) is 243 Å². The molecule has 17 rings (SSSR count). The van der Waals surface area contributed by atoms with E-state index in [1.165, 1.54) is 77.2 Å². The lowest BCUT2D eigenvalue weighted by Gasteiger charge is -2.46. The van der Waals surface area contributed by atoms with Gasteiger partial charge in [-0.15, -0.1) is 0 Å². The molecule has 4 heterocycles. The highest BCUT2D eigenvalue weighted by molar-refractivity contribution is 7.00. The third kappa shape index (κ3) is 19.7. The zero-order valence-corrected chi connectivity index (χ0v) is 87.7. The van der Waals surface area contributed by atoms with Crippen LogP contribution in [0, 0.1) is 37.9 Å². The molecule has 134 heavy (non-hydrogen) atoms. The smallest absolute Gasteiger partial charge is 0.252 e. The molecule has 692 valence electrons. The van der Waals surface area contributed by atoms with Crippen molar-refractivity contribution in [1.29, 1.82) is 0 Å². The SMILES string of the molecule is [2H]C([2H])(c1cc2c3c(c1)N(c1c(-c4cccc(C(C)(C)C)c4)cc(CC(C)(C)C)cc1-c1cccc(C(C)(C)C)c1)c1cc(-n4c5ccc(CC(C)(C)C)cc5c5cc(CC(C)(C)C)ccc54)ccc1B3c1ccc(-n3c4ccc(CC(C)(C)C)cc4c4cc(CC(C)(C)C)ccc43)cc1N2c1c(-c2cccc(C(C)(C)C)c2)cc(CC(C)(C)C)cc1-c1cccc(C(C)(C)C)c1)C(C)(C)C. The highest BCUT2D eigenvalue weighted by Crippen LogP contribution is 2.57. The molecule has 13 aromatic carbocycles. The summed E-state index contributed by atoms with van der Waals surface area (Å²) in [6, 6.07) is 97.2. The van der Waals surface area contributed by atoms with E-state index in [9.17, 15) is 2.74 Å². The number of hydrogen-bond acceptors (Lipinski definition) is 2. The van der Waals surface area contributed by atoms with Gasteiger partial charge in [0.1, 0.15) is 0 Å². The Hall–Kier alpha value is -10.9. The van der Waals surface area contributed by atoms with Gasteiger partial charge in [0.15, 0.2) is 0 Å². The largest absolute Gasteiger partial charge is 0.310 e. The topological polar surface area (TPSA) is 16.3 Å². The van der Waals surface area contributed by atoms with E-state index < -0.39 is 18.5 Å². The lowest BCUT2D eigenvalue weighted by atomic mass is 9.33. The van der Waals surface area contributed by atoms with Gasteiger partial charge in [0.25, 0.3) is 6.71 Å². The van der Waals surface area contributed by atoms with Gasteiger partial charge in [-0.05, 0) is 313 Å². The zero-order valence-electron chi connectivity index (χ0n) is 89.7. The molecule has 2 aliphatic rings. The summed E-state index contributed by atoms with van der Waals surface area (Å²) in [4.78, 5) is 5.41. The number of nitrogens with zero attached hydrogens (tertiary/aromatic N) is 4. The first-order valence-electron chi connectivity index (χ1n) is 51.0. The van der Waals surface area contributed by atoms with Gasteiger partial charge in [-0.3, -0.25) is 0 Å². The van der Waals surface area contributed by atoms with Gasteiger partial charge in [0, 0.05) is 80.7 Å². The number of fused-ring (bicyclic) bond motifs is 10. The molecule has 0 aliphatic carbocycles. The molecular formula is C129H153BN4. The van der Waals surface area contributed by atoms with Crippen molar-refractivity contribution in [1.82, 2.24) is 9.13 Å². The first kappa shape index (κ1) is 92.2. The minimum absolute atomic E-state index is 0.0595. The van der Waals surface area contributed by atoms with Crippen molar-refractivity contribution < 1.29 is 2.74 Å².